The van der Waals surface area contributed by atoms with E-state index in [1.807, 2.05) is 32.9 Å². The summed E-state index contributed by atoms with van der Waals surface area (Å²) in [6, 6.07) is 7.30. The first kappa shape index (κ1) is 21.2. The first-order chi connectivity index (χ1) is 14.9. The van der Waals surface area contributed by atoms with E-state index in [0.29, 0.717) is 55.6 Å². The number of carbonyl (C=O) groups is 1. The van der Waals surface area contributed by atoms with Gasteiger partial charge in [0.2, 0.25) is 5.91 Å². The van der Waals surface area contributed by atoms with Gasteiger partial charge in [-0.1, -0.05) is 0 Å². The molecule has 0 spiro atoms. The molecular formula is C22H27FN6O2. The highest BCUT2D eigenvalue weighted by Crippen LogP contribution is 2.23. The van der Waals surface area contributed by atoms with Crippen LogP contribution < -0.4 is 5.32 Å². The van der Waals surface area contributed by atoms with Crippen molar-refractivity contribution in [3.8, 4) is 17.4 Å². The van der Waals surface area contributed by atoms with Crippen LogP contribution in [0.4, 0.5) is 10.2 Å². The SMILES string of the molecule is Cc1cc(C)n(-c2cc(NC(=O)CCCN3CC[C@H](F)C3)nc(-c3ccc(C)o3)n2)n1. The molecule has 0 saturated carbocycles. The Labute approximate surface area is 180 Å². The van der Waals surface area contributed by atoms with Crippen LogP contribution in [0.5, 0.6) is 0 Å². The van der Waals surface area contributed by atoms with Gasteiger partial charge in [0.15, 0.2) is 17.4 Å². The lowest BCUT2D eigenvalue weighted by Gasteiger charge is -2.14. The Morgan fingerprint density at radius 3 is 2.74 bits per heavy atom. The van der Waals surface area contributed by atoms with Gasteiger partial charge in [0.05, 0.1) is 5.69 Å². The minimum absolute atomic E-state index is 0.143. The van der Waals surface area contributed by atoms with E-state index in [4.69, 9.17) is 4.42 Å². The second kappa shape index (κ2) is 8.97. The monoisotopic (exact) mass is 426 g/mol. The smallest absolute Gasteiger partial charge is 0.225 e. The highest BCUT2D eigenvalue weighted by molar-refractivity contribution is 5.90. The lowest BCUT2D eigenvalue weighted by Crippen LogP contribution is -2.23. The predicted octanol–water partition coefficient (Wildman–Crippen LogP) is 3.61. The summed E-state index contributed by atoms with van der Waals surface area (Å²) in [6.07, 6.45) is 0.837. The lowest BCUT2D eigenvalue weighted by atomic mass is 10.3. The summed E-state index contributed by atoms with van der Waals surface area (Å²) in [7, 11) is 0. The second-order valence-corrected chi connectivity index (χ2v) is 8.02. The zero-order valence-electron chi connectivity index (χ0n) is 18.1. The quantitative estimate of drug-likeness (QED) is 0.621. The van der Waals surface area contributed by atoms with Gasteiger partial charge in [0.25, 0.3) is 0 Å². The molecule has 9 heteroatoms. The van der Waals surface area contributed by atoms with Crippen LogP contribution in [0.15, 0.2) is 28.7 Å². The van der Waals surface area contributed by atoms with E-state index in [-0.39, 0.29) is 5.91 Å². The lowest BCUT2D eigenvalue weighted by molar-refractivity contribution is -0.116. The number of rotatable bonds is 7. The average molecular weight is 426 g/mol. The Balaban J connectivity index is 1.51. The third-order valence-corrected chi connectivity index (χ3v) is 5.26. The number of carbonyl (C=O) groups excluding carboxylic acids is 1. The fourth-order valence-corrected chi connectivity index (χ4v) is 3.79. The van der Waals surface area contributed by atoms with E-state index in [2.05, 4.69) is 25.3 Å². The first-order valence-electron chi connectivity index (χ1n) is 10.5. The summed E-state index contributed by atoms with van der Waals surface area (Å²) in [6.45, 7) is 7.64. The number of aryl methyl sites for hydroxylation is 3. The summed E-state index contributed by atoms with van der Waals surface area (Å²) < 4.78 is 20.7. The molecule has 31 heavy (non-hydrogen) atoms. The molecule has 8 nitrogen and oxygen atoms in total. The van der Waals surface area contributed by atoms with Crippen LogP contribution in [0.1, 0.15) is 36.4 Å². The number of nitrogens with one attached hydrogen (secondary N) is 1. The Morgan fingerprint density at radius 1 is 1.26 bits per heavy atom. The van der Waals surface area contributed by atoms with E-state index >= 15 is 0 Å². The average Bonchev–Trinajstić information content (AvgIpc) is 3.42. The molecule has 1 atom stereocenters. The van der Waals surface area contributed by atoms with Gasteiger partial charge in [-0.2, -0.15) is 5.10 Å². The third-order valence-electron chi connectivity index (χ3n) is 5.26. The van der Waals surface area contributed by atoms with Crippen LogP contribution in [-0.2, 0) is 4.79 Å². The van der Waals surface area contributed by atoms with Crippen LogP contribution in [0.3, 0.4) is 0 Å². The number of alkyl halides is 1. The van der Waals surface area contributed by atoms with Gasteiger partial charge in [-0.05, 0) is 58.4 Å². The van der Waals surface area contributed by atoms with Crippen LogP contribution in [0.2, 0.25) is 0 Å². The van der Waals surface area contributed by atoms with Crippen molar-refractivity contribution in [1.29, 1.82) is 0 Å². The van der Waals surface area contributed by atoms with Crippen molar-refractivity contribution >= 4 is 11.7 Å². The highest BCUT2D eigenvalue weighted by atomic mass is 19.1. The molecule has 1 fully saturated rings. The van der Waals surface area contributed by atoms with Crippen molar-refractivity contribution < 1.29 is 13.6 Å². The van der Waals surface area contributed by atoms with Crippen molar-refractivity contribution in [2.75, 3.05) is 25.0 Å². The van der Waals surface area contributed by atoms with Crippen molar-refractivity contribution in [3.05, 3.63) is 41.4 Å². The number of anilines is 1. The van der Waals surface area contributed by atoms with Gasteiger partial charge < -0.3 is 14.6 Å². The summed E-state index contributed by atoms with van der Waals surface area (Å²) in [4.78, 5) is 23.6. The summed E-state index contributed by atoms with van der Waals surface area (Å²) >= 11 is 0. The standard InChI is InChI=1S/C22H27FN6O2/c1-14-11-15(2)29(27-14)20-12-19(25-22(26-20)18-7-6-16(3)31-18)24-21(30)5-4-9-28-10-8-17(23)13-28/h6-7,11-12,17H,4-5,8-10,13H2,1-3H3,(H,24,25,26,30)/t17-/m0/s1. The molecule has 1 aliphatic rings. The predicted molar refractivity (Wildman–Crippen MR) is 115 cm³/mol. The second-order valence-electron chi connectivity index (χ2n) is 8.02. The van der Waals surface area contributed by atoms with Gasteiger partial charge in [0.1, 0.15) is 17.7 Å². The van der Waals surface area contributed by atoms with Crippen LogP contribution in [-0.4, -0.2) is 56.4 Å². The molecule has 0 aromatic carbocycles. The Bertz CT molecular complexity index is 1080. The minimum atomic E-state index is -0.744. The van der Waals surface area contributed by atoms with Crippen LogP contribution in [0.25, 0.3) is 17.4 Å². The largest absolute Gasteiger partial charge is 0.458 e. The van der Waals surface area contributed by atoms with Crippen LogP contribution >= 0.6 is 0 Å². The Morgan fingerprint density at radius 2 is 2.10 bits per heavy atom. The molecule has 1 saturated heterocycles. The first-order valence-corrected chi connectivity index (χ1v) is 10.5. The normalized spacial score (nSPS) is 16.7. The topological polar surface area (TPSA) is 89.1 Å². The Hall–Kier alpha value is -3.07. The highest BCUT2D eigenvalue weighted by Gasteiger charge is 2.21. The number of likely N-dealkylation sites (tertiary alicyclic amines) is 1. The molecular weight excluding hydrogens is 399 g/mol. The van der Waals surface area contributed by atoms with Gasteiger partial charge in [0, 0.05) is 31.3 Å². The van der Waals surface area contributed by atoms with E-state index in [9.17, 15) is 9.18 Å². The maximum atomic E-state index is 13.3. The minimum Gasteiger partial charge on any atom is -0.458 e. The summed E-state index contributed by atoms with van der Waals surface area (Å²) in [5.41, 5.74) is 1.79. The van der Waals surface area contributed by atoms with E-state index < -0.39 is 6.17 Å². The molecule has 0 radical (unpaired) electrons. The van der Waals surface area contributed by atoms with E-state index in [1.54, 1.807) is 16.8 Å². The Kier molecular flexibility index (Phi) is 6.13. The summed E-state index contributed by atoms with van der Waals surface area (Å²) in [5, 5.41) is 7.35. The molecule has 1 aliphatic heterocycles. The molecule has 1 N–H and O–H groups in total. The van der Waals surface area contributed by atoms with Gasteiger partial charge >= 0.3 is 0 Å². The van der Waals surface area contributed by atoms with Crippen molar-refractivity contribution in [2.24, 2.45) is 0 Å². The number of furan rings is 1. The molecule has 164 valence electrons. The van der Waals surface area contributed by atoms with Crippen molar-refractivity contribution in [1.82, 2.24) is 24.6 Å². The molecule has 1 amide bonds. The third kappa shape index (κ3) is 5.16. The van der Waals surface area contributed by atoms with E-state index in [1.165, 1.54) is 0 Å². The van der Waals surface area contributed by atoms with Gasteiger partial charge in [-0.3, -0.25) is 4.79 Å². The fourth-order valence-electron chi connectivity index (χ4n) is 3.79. The number of aromatic nitrogens is 4. The van der Waals surface area contributed by atoms with Gasteiger partial charge in [-0.25, -0.2) is 19.0 Å². The molecule has 0 unspecified atom stereocenters. The van der Waals surface area contributed by atoms with Gasteiger partial charge in [-0.15, -0.1) is 0 Å². The number of hydrogen-bond donors (Lipinski definition) is 1. The number of hydrogen-bond acceptors (Lipinski definition) is 6. The zero-order chi connectivity index (χ0) is 22.0. The number of nitrogens with zero attached hydrogens (tertiary/aromatic N) is 5. The fraction of sp³-hybridized carbons (Fsp3) is 0.455. The number of halogens is 1. The number of amides is 1. The molecule has 4 heterocycles. The molecule has 3 aromatic heterocycles. The van der Waals surface area contributed by atoms with E-state index in [0.717, 1.165) is 23.7 Å². The molecule has 0 bridgehead atoms. The molecule has 0 aliphatic carbocycles. The van der Waals surface area contributed by atoms with Crippen LogP contribution in [0, 0.1) is 20.8 Å². The summed E-state index contributed by atoms with van der Waals surface area (Å²) in [5.74, 6) is 2.43. The maximum Gasteiger partial charge on any atom is 0.225 e. The molecule has 4 rings (SSSR count). The maximum absolute atomic E-state index is 13.3. The van der Waals surface area contributed by atoms with Crippen molar-refractivity contribution in [3.63, 3.8) is 0 Å². The molecule has 3 aromatic rings. The zero-order valence-corrected chi connectivity index (χ0v) is 18.1. The van der Waals surface area contributed by atoms with Crippen molar-refractivity contribution in [2.45, 2.75) is 46.2 Å².